The molecule has 0 aliphatic heterocycles. The minimum absolute atomic E-state index is 0.0618. The topological polar surface area (TPSA) is 81.0 Å². The molecule has 0 atom stereocenters. The molecule has 0 spiro atoms. The van der Waals surface area contributed by atoms with E-state index >= 15 is 0 Å². The number of rotatable bonds is 5. The highest BCUT2D eigenvalue weighted by atomic mass is 16.2. The number of anilines is 1. The SMILES string of the molecule is Cc1cc(C(=O)NC(C)C)ccc1NC(=O)c1cnn(C)c1-n1c(C)ccc1C. The second-order valence-electron chi connectivity index (χ2n) is 7.57. The summed E-state index contributed by atoms with van der Waals surface area (Å²) >= 11 is 0. The molecule has 0 fully saturated rings. The van der Waals surface area contributed by atoms with Crippen LogP contribution in [-0.2, 0) is 7.05 Å². The molecule has 0 unspecified atom stereocenters. The quantitative estimate of drug-likeness (QED) is 0.696. The fourth-order valence-corrected chi connectivity index (χ4v) is 3.34. The third-order valence-corrected chi connectivity index (χ3v) is 4.79. The molecular weight excluding hydrogens is 366 g/mol. The third kappa shape index (κ3) is 4.08. The van der Waals surface area contributed by atoms with Crippen LogP contribution in [0.25, 0.3) is 5.82 Å². The second kappa shape index (κ2) is 7.95. The van der Waals surface area contributed by atoms with Gasteiger partial charge >= 0.3 is 0 Å². The molecule has 2 N–H and O–H groups in total. The first-order valence-corrected chi connectivity index (χ1v) is 9.59. The van der Waals surface area contributed by atoms with Crippen molar-refractivity contribution >= 4 is 17.5 Å². The first kappa shape index (κ1) is 20.4. The van der Waals surface area contributed by atoms with E-state index in [1.807, 2.05) is 58.4 Å². The van der Waals surface area contributed by atoms with E-state index in [1.165, 1.54) is 0 Å². The van der Waals surface area contributed by atoms with Crippen molar-refractivity contribution in [1.29, 1.82) is 0 Å². The van der Waals surface area contributed by atoms with Crippen molar-refractivity contribution in [3.8, 4) is 5.82 Å². The maximum absolute atomic E-state index is 13.0. The number of carbonyl (C=O) groups excluding carboxylic acids is 2. The Morgan fingerprint density at radius 3 is 2.24 bits per heavy atom. The number of nitrogens with zero attached hydrogens (tertiary/aromatic N) is 3. The average molecular weight is 393 g/mol. The fraction of sp³-hybridized carbons (Fsp3) is 0.318. The predicted molar refractivity (Wildman–Crippen MR) is 114 cm³/mol. The molecule has 3 aromatic rings. The van der Waals surface area contributed by atoms with Gasteiger partial charge in [-0.3, -0.25) is 14.3 Å². The first-order valence-electron chi connectivity index (χ1n) is 9.59. The molecule has 0 saturated heterocycles. The molecule has 0 aliphatic rings. The standard InChI is InChI=1S/C22H27N5O2/c1-13(2)24-20(28)17-9-10-19(14(3)11-17)25-21(29)18-12-23-26(6)22(18)27-15(4)7-8-16(27)5/h7-13H,1-6H3,(H,24,28)(H,25,29). The summed E-state index contributed by atoms with van der Waals surface area (Å²) in [5.74, 6) is 0.338. The highest BCUT2D eigenvalue weighted by Gasteiger charge is 2.20. The Morgan fingerprint density at radius 1 is 1.00 bits per heavy atom. The van der Waals surface area contributed by atoms with Crippen molar-refractivity contribution in [3.63, 3.8) is 0 Å². The van der Waals surface area contributed by atoms with Crippen molar-refractivity contribution in [3.05, 3.63) is 64.6 Å². The number of aryl methyl sites for hydroxylation is 4. The summed E-state index contributed by atoms with van der Waals surface area (Å²) in [5, 5.41) is 10.1. The lowest BCUT2D eigenvalue weighted by atomic mass is 10.1. The Balaban J connectivity index is 1.88. The van der Waals surface area contributed by atoms with Gasteiger partial charge in [-0.15, -0.1) is 0 Å². The minimum atomic E-state index is -0.247. The molecule has 2 aromatic heterocycles. The normalized spacial score (nSPS) is 11.0. The molecule has 0 bridgehead atoms. The van der Waals surface area contributed by atoms with Crippen molar-refractivity contribution in [2.24, 2.45) is 7.05 Å². The van der Waals surface area contributed by atoms with Gasteiger partial charge in [-0.25, -0.2) is 0 Å². The van der Waals surface area contributed by atoms with Gasteiger partial charge in [-0.05, 0) is 70.5 Å². The van der Waals surface area contributed by atoms with Crippen molar-refractivity contribution in [2.45, 2.75) is 40.7 Å². The summed E-state index contributed by atoms with van der Waals surface area (Å²) < 4.78 is 3.70. The fourth-order valence-electron chi connectivity index (χ4n) is 3.34. The molecule has 2 amide bonds. The summed E-state index contributed by atoms with van der Waals surface area (Å²) in [6, 6.07) is 9.32. The summed E-state index contributed by atoms with van der Waals surface area (Å²) in [6.45, 7) is 9.68. The highest BCUT2D eigenvalue weighted by molar-refractivity contribution is 6.07. The van der Waals surface area contributed by atoms with E-state index in [0.29, 0.717) is 22.6 Å². The molecule has 0 saturated carbocycles. The van der Waals surface area contributed by atoms with E-state index in [-0.39, 0.29) is 17.9 Å². The molecule has 3 rings (SSSR count). The van der Waals surface area contributed by atoms with Crippen LogP contribution in [0.4, 0.5) is 5.69 Å². The van der Waals surface area contributed by atoms with E-state index in [4.69, 9.17) is 0 Å². The second-order valence-corrected chi connectivity index (χ2v) is 7.57. The van der Waals surface area contributed by atoms with Crippen LogP contribution in [0.2, 0.25) is 0 Å². The van der Waals surface area contributed by atoms with Gasteiger partial charge in [0.15, 0.2) is 0 Å². The summed E-state index contributed by atoms with van der Waals surface area (Å²) in [6.07, 6.45) is 1.57. The smallest absolute Gasteiger partial charge is 0.261 e. The predicted octanol–water partition coefficient (Wildman–Crippen LogP) is 3.53. The Bertz CT molecular complexity index is 1060. The van der Waals surface area contributed by atoms with Gasteiger partial charge in [0.25, 0.3) is 11.8 Å². The number of benzene rings is 1. The monoisotopic (exact) mass is 393 g/mol. The lowest BCUT2D eigenvalue weighted by molar-refractivity contribution is 0.0942. The van der Waals surface area contributed by atoms with Gasteiger partial charge in [0.2, 0.25) is 0 Å². The van der Waals surface area contributed by atoms with Gasteiger partial charge in [-0.2, -0.15) is 5.10 Å². The van der Waals surface area contributed by atoms with Crippen molar-refractivity contribution in [2.75, 3.05) is 5.32 Å². The summed E-state index contributed by atoms with van der Waals surface area (Å²) in [7, 11) is 1.82. The Kier molecular flexibility index (Phi) is 5.59. The van der Waals surface area contributed by atoms with Crippen LogP contribution in [0.1, 0.15) is 51.5 Å². The van der Waals surface area contributed by atoms with E-state index in [0.717, 1.165) is 17.0 Å². The van der Waals surface area contributed by atoms with Gasteiger partial charge in [-0.1, -0.05) is 0 Å². The number of nitrogens with one attached hydrogen (secondary N) is 2. The number of hydrogen-bond acceptors (Lipinski definition) is 3. The number of amides is 2. The molecular formula is C22H27N5O2. The van der Waals surface area contributed by atoms with Crippen LogP contribution < -0.4 is 10.6 Å². The zero-order chi connectivity index (χ0) is 21.3. The van der Waals surface area contributed by atoms with Crippen LogP contribution >= 0.6 is 0 Å². The average Bonchev–Trinajstić information content (AvgIpc) is 3.17. The molecule has 0 radical (unpaired) electrons. The van der Waals surface area contributed by atoms with Crippen LogP contribution in [0.5, 0.6) is 0 Å². The minimum Gasteiger partial charge on any atom is -0.350 e. The number of aromatic nitrogens is 3. The lowest BCUT2D eigenvalue weighted by Gasteiger charge is -2.14. The maximum Gasteiger partial charge on any atom is 0.261 e. The molecule has 7 heteroatoms. The Morgan fingerprint density at radius 2 is 1.66 bits per heavy atom. The Hall–Kier alpha value is -3.35. The van der Waals surface area contributed by atoms with Gasteiger partial charge < -0.3 is 15.2 Å². The van der Waals surface area contributed by atoms with Gasteiger partial charge in [0.1, 0.15) is 11.4 Å². The maximum atomic E-state index is 13.0. The number of hydrogen-bond donors (Lipinski definition) is 2. The van der Waals surface area contributed by atoms with E-state index in [1.54, 1.807) is 29.1 Å². The zero-order valence-corrected chi connectivity index (χ0v) is 17.7. The van der Waals surface area contributed by atoms with E-state index in [9.17, 15) is 9.59 Å². The van der Waals surface area contributed by atoms with Crippen LogP contribution in [0.3, 0.4) is 0 Å². The lowest BCUT2D eigenvalue weighted by Crippen LogP contribution is -2.30. The third-order valence-electron chi connectivity index (χ3n) is 4.79. The molecule has 0 aliphatic carbocycles. The largest absolute Gasteiger partial charge is 0.350 e. The van der Waals surface area contributed by atoms with Crippen LogP contribution in [-0.4, -0.2) is 32.2 Å². The molecule has 29 heavy (non-hydrogen) atoms. The molecule has 2 heterocycles. The Labute approximate surface area is 170 Å². The molecule has 1 aromatic carbocycles. The first-order chi connectivity index (χ1) is 13.7. The molecule has 7 nitrogen and oxygen atoms in total. The van der Waals surface area contributed by atoms with Crippen LogP contribution in [0.15, 0.2) is 36.5 Å². The van der Waals surface area contributed by atoms with Crippen molar-refractivity contribution < 1.29 is 9.59 Å². The van der Waals surface area contributed by atoms with E-state index < -0.39 is 0 Å². The highest BCUT2D eigenvalue weighted by Crippen LogP contribution is 2.22. The van der Waals surface area contributed by atoms with Gasteiger partial charge in [0, 0.05) is 35.7 Å². The van der Waals surface area contributed by atoms with Crippen LogP contribution in [0, 0.1) is 20.8 Å². The summed E-state index contributed by atoms with van der Waals surface area (Å²) in [4.78, 5) is 25.2. The van der Waals surface area contributed by atoms with Crippen molar-refractivity contribution in [1.82, 2.24) is 19.7 Å². The van der Waals surface area contributed by atoms with Gasteiger partial charge in [0.05, 0.1) is 6.20 Å². The zero-order valence-electron chi connectivity index (χ0n) is 17.7. The number of carbonyl (C=O) groups is 2. The molecule has 152 valence electrons. The van der Waals surface area contributed by atoms with E-state index in [2.05, 4.69) is 15.7 Å². The summed E-state index contributed by atoms with van der Waals surface area (Å²) in [5.41, 5.74) is 4.57.